The van der Waals surface area contributed by atoms with Crippen molar-refractivity contribution in [2.24, 2.45) is 0 Å². The molecule has 88 valence electrons. The van der Waals surface area contributed by atoms with Crippen LogP contribution in [0.1, 0.15) is 5.69 Å². The van der Waals surface area contributed by atoms with E-state index in [1.165, 1.54) is 0 Å². The first kappa shape index (κ1) is 11.7. The number of hydrogen-bond acceptors (Lipinski definition) is 3. The van der Waals surface area contributed by atoms with Gasteiger partial charge in [0.25, 0.3) is 0 Å². The summed E-state index contributed by atoms with van der Waals surface area (Å²) in [4.78, 5) is 4.36. The molecule has 1 aromatic carbocycles. The van der Waals surface area contributed by atoms with Crippen LogP contribution < -0.4 is 10.1 Å². The maximum absolute atomic E-state index is 5.79. The first-order chi connectivity index (χ1) is 8.28. The lowest BCUT2D eigenvalue weighted by atomic mass is 10.3. The lowest BCUT2D eigenvalue weighted by molar-refractivity contribution is 0.301. The number of nitrogens with zero attached hydrogens (tertiary/aromatic N) is 1. The third-order valence-corrected chi connectivity index (χ3v) is 2.52. The Hall–Kier alpha value is -1.74. The van der Waals surface area contributed by atoms with Gasteiger partial charge in [0.05, 0.1) is 5.69 Å². The van der Waals surface area contributed by atoms with Gasteiger partial charge in [-0.2, -0.15) is 0 Å². The maximum Gasteiger partial charge on any atom is 0.130 e. The molecule has 0 spiro atoms. The first-order valence-electron chi connectivity index (χ1n) is 5.30. The number of aromatic nitrogens is 1. The van der Waals surface area contributed by atoms with E-state index in [1.807, 2.05) is 37.4 Å². The molecular weight excluding hydrogens is 236 g/mol. The van der Waals surface area contributed by atoms with Gasteiger partial charge in [-0.05, 0) is 36.4 Å². The molecule has 0 unspecified atom stereocenters. The van der Waals surface area contributed by atoms with Crippen LogP contribution in [-0.2, 0) is 6.61 Å². The van der Waals surface area contributed by atoms with Crippen molar-refractivity contribution in [3.63, 3.8) is 0 Å². The van der Waals surface area contributed by atoms with Crippen LogP contribution in [0.3, 0.4) is 0 Å². The second-order valence-corrected chi connectivity index (χ2v) is 3.94. The predicted octanol–water partition coefficient (Wildman–Crippen LogP) is 3.36. The number of ether oxygens (including phenoxy) is 1. The van der Waals surface area contributed by atoms with Crippen LogP contribution in [0.2, 0.25) is 5.02 Å². The molecule has 17 heavy (non-hydrogen) atoms. The summed E-state index contributed by atoms with van der Waals surface area (Å²) in [6, 6.07) is 13.1. The number of hydrogen-bond donors (Lipinski definition) is 1. The van der Waals surface area contributed by atoms with Crippen molar-refractivity contribution >= 4 is 17.4 Å². The van der Waals surface area contributed by atoms with E-state index in [4.69, 9.17) is 16.3 Å². The lowest BCUT2D eigenvalue weighted by Gasteiger charge is -2.07. The molecule has 1 aromatic heterocycles. The number of pyridine rings is 1. The molecule has 4 heteroatoms. The van der Waals surface area contributed by atoms with Crippen molar-refractivity contribution in [2.75, 3.05) is 12.4 Å². The molecule has 1 heterocycles. The predicted molar refractivity (Wildman–Crippen MR) is 69.6 cm³/mol. The Morgan fingerprint density at radius 1 is 1.18 bits per heavy atom. The van der Waals surface area contributed by atoms with Crippen LogP contribution in [0.5, 0.6) is 5.75 Å². The van der Waals surface area contributed by atoms with Gasteiger partial charge in [0.2, 0.25) is 0 Å². The zero-order valence-electron chi connectivity index (χ0n) is 9.48. The molecule has 2 rings (SSSR count). The van der Waals surface area contributed by atoms with Crippen molar-refractivity contribution in [3.05, 3.63) is 53.2 Å². The van der Waals surface area contributed by atoms with E-state index >= 15 is 0 Å². The van der Waals surface area contributed by atoms with Crippen molar-refractivity contribution < 1.29 is 4.74 Å². The Bertz CT molecular complexity index is 485. The van der Waals surface area contributed by atoms with E-state index in [1.54, 1.807) is 12.1 Å². The van der Waals surface area contributed by atoms with Gasteiger partial charge >= 0.3 is 0 Å². The van der Waals surface area contributed by atoms with Gasteiger partial charge in [0, 0.05) is 12.1 Å². The molecule has 0 saturated carbocycles. The van der Waals surface area contributed by atoms with Gasteiger partial charge in [0.1, 0.15) is 18.2 Å². The highest BCUT2D eigenvalue weighted by Gasteiger charge is 1.98. The summed E-state index contributed by atoms with van der Waals surface area (Å²) in [6.45, 7) is 0.442. The van der Waals surface area contributed by atoms with E-state index in [0.717, 1.165) is 17.3 Å². The Labute approximate surface area is 105 Å². The standard InChI is InChI=1S/C13H13ClN2O/c1-15-13-4-2-3-11(16-13)9-17-12-7-5-10(14)6-8-12/h2-8H,9H2,1H3,(H,15,16). The van der Waals surface area contributed by atoms with E-state index in [2.05, 4.69) is 10.3 Å². The largest absolute Gasteiger partial charge is 0.487 e. The Kier molecular flexibility index (Phi) is 3.83. The minimum atomic E-state index is 0.442. The fourth-order valence-corrected chi connectivity index (χ4v) is 1.51. The number of anilines is 1. The molecule has 0 aliphatic carbocycles. The quantitative estimate of drug-likeness (QED) is 0.901. The fourth-order valence-electron chi connectivity index (χ4n) is 1.39. The highest BCUT2D eigenvalue weighted by molar-refractivity contribution is 6.30. The molecule has 0 aliphatic heterocycles. The Morgan fingerprint density at radius 3 is 2.65 bits per heavy atom. The maximum atomic E-state index is 5.79. The lowest BCUT2D eigenvalue weighted by Crippen LogP contribution is -2.00. The summed E-state index contributed by atoms with van der Waals surface area (Å²) in [5.74, 6) is 1.62. The average molecular weight is 249 g/mol. The molecule has 2 aromatic rings. The van der Waals surface area contributed by atoms with Crippen LogP contribution >= 0.6 is 11.6 Å². The molecule has 0 bridgehead atoms. The summed E-state index contributed by atoms with van der Waals surface area (Å²) in [5.41, 5.74) is 0.881. The monoisotopic (exact) mass is 248 g/mol. The molecule has 0 fully saturated rings. The van der Waals surface area contributed by atoms with Gasteiger partial charge < -0.3 is 10.1 Å². The van der Waals surface area contributed by atoms with Crippen LogP contribution in [0.15, 0.2) is 42.5 Å². The summed E-state index contributed by atoms with van der Waals surface area (Å²) in [7, 11) is 1.84. The molecule has 1 N–H and O–H groups in total. The average Bonchev–Trinajstić information content (AvgIpc) is 2.38. The molecule has 0 radical (unpaired) electrons. The minimum absolute atomic E-state index is 0.442. The van der Waals surface area contributed by atoms with Gasteiger partial charge in [-0.25, -0.2) is 4.98 Å². The van der Waals surface area contributed by atoms with E-state index in [0.29, 0.717) is 11.6 Å². The van der Waals surface area contributed by atoms with Crippen molar-refractivity contribution in [3.8, 4) is 5.75 Å². The molecular formula is C13H13ClN2O. The topological polar surface area (TPSA) is 34.1 Å². The van der Waals surface area contributed by atoms with Crippen molar-refractivity contribution in [1.29, 1.82) is 0 Å². The third kappa shape index (κ3) is 3.36. The van der Waals surface area contributed by atoms with Crippen molar-refractivity contribution in [1.82, 2.24) is 4.98 Å². The normalized spacial score (nSPS) is 10.0. The smallest absolute Gasteiger partial charge is 0.130 e. The molecule has 0 amide bonds. The number of rotatable bonds is 4. The van der Waals surface area contributed by atoms with Crippen LogP contribution in [0.4, 0.5) is 5.82 Å². The van der Waals surface area contributed by atoms with Gasteiger partial charge in [-0.1, -0.05) is 17.7 Å². The van der Waals surface area contributed by atoms with E-state index < -0.39 is 0 Å². The Morgan fingerprint density at radius 2 is 1.94 bits per heavy atom. The zero-order chi connectivity index (χ0) is 12.1. The summed E-state index contributed by atoms with van der Waals surface area (Å²) >= 11 is 5.79. The summed E-state index contributed by atoms with van der Waals surface area (Å²) in [5, 5.41) is 3.69. The van der Waals surface area contributed by atoms with E-state index in [9.17, 15) is 0 Å². The third-order valence-electron chi connectivity index (χ3n) is 2.26. The molecule has 0 aliphatic rings. The number of benzene rings is 1. The van der Waals surface area contributed by atoms with Gasteiger partial charge in [-0.3, -0.25) is 0 Å². The number of nitrogens with one attached hydrogen (secondary N) is 1. The highest BCUT2D eigenvalue weighted by atomic mass is 35.5. The SMILES string of the molecule is CNc1cccc(COc2ccc(Cl)cc2)n1. The van der Waals surface area contributed by atoms with Crippen LogP contribution in [0.25, 0.3) is 0 Å². The first-order valence-corrected chi connectivity index (χ1v) is 5.68. The second-order valence-electron chi connectivity index (χ2n) is 3.51. The second kappa shape index (κ2) is 5.55. The zero-order valence-corrected chi connectivity index (χ0v) is 10.2. The van der Waals surface area contributed by atoms with Crippen LogP contribution in [-0.4, -0.2) is 12.0 Å². The van der Waals surface area contributed by atoms with Gasteiger partial charge in [0.15, 0.2) is 0 Å². The highest BCUT2D eigenvalue weighted by Crippen LogP contribution is 2.16. The van der Waals surface area contributed by atoms with Gasteiger partial charge in [-0.15, -0.1) is 0 Å². The molecule has 3 nitrogen and oxygen atoms in total. The molecule has 0 atom stereocenters. The fraction of sp³-hybridized carbons (Fsp3) is 0.154. The molecule has 0 saturated heterocycles. The van der Waals surface area contributed by atoms with E-state index in [-0.39, 0.29) is 0 Å². The summed E-state index contributed by atoms with van der Waals surface area (Å²) in [6.07, 6.45) is 0. The number of halogens is 1. The Balaban J connectivity index is 1.99. The van der Waals surface area contributed by atoms with Crippen LogP contribution in [0, 0.1) is 0 Å². The summed E-state index contributed by atoms with van der Waals surface area (Å²) < 4.78 is 5.60. The van der Waals surface area contributed by atoms with Crippen molar-refractivity contribution in [2.45, 2.75) is 6.61 Å². The minimum Gasteiger partial charge on any atom is -0.487 e.